The van der Waals surface area contributed by atoms with E-state index < -0.39 is 29.9 Å². The quantitative estimate of drug-likeness (QED) is 0.0854. The molecule has 2 amide bonds. The summed E-state index contributed by atoms with van der Waals surface area (Å²) in [6.45, 7) is 8.48. The Hall–Kier alpha value is -2.13. The number of allylic oxidation sites excluding steroid dienone is 2. The second kappa shape index (κ2) is 23.3. The van der Waals surface area contributed by atoms with Crippen molar-refractivity contribution >= 4 is 18.0 Å². The van der Waals surface area contributed by atoms with Crippen molar-refractivity contribution in [3.8, 4) is 0 Å². The molecule has 0 aliphatic carbocycles. The zero-order valence-corrected chi connectivity index (χ0v) is 27.1. The summed E-state index contributed by atoms with van der Waals surface area (Å²) in [5.41, 5.74) is -0.696. The number of nitrogens with zero attached hydrogens (tertiary/aromatic N) is 1. The Morgan fingerprint density at radius 3 is 2.12 bits per heavy atom. The van der Waals surface area contributed by atoms with Crippen molar-refractivity contribution in [1.82, 2.24) is 15.7 Å². The minimum atomic E-state index is -0.904. The molecule has 0 radical (unpaired) electrons. The SMILES string of the molecule is CCCCCCCC/C=C\CCCCCCCC(=O)NCCCCC(NC(=O)OC(C)(C)C)C(=O)ON1CCCC1O. The Kier molecular flexibility index (Phi) is 21.1. The van der Waals surface area contributed by atoms with Crippen LogP contribution in [0.25, 0.3) is 0 Å². The van der Waals surface area contributed by atoms with Gasteiger partial charge in [0.25, 0.3) is 0 Å². The molecule has 9 heteroatoms. The van der Waals surface area contributed by atoms with Crippen LogP contribution in [0.5, 0.6) is 0 Å². The van der Waals surface area contributed by atoms with Crippen molar-refractivity contribution in [2.75, 3.05) is 13.1 Å². The second-order valence-corrected chi connectivity index (χ2v) is 12.6. The van der Waals surface area contributed by atoms with Crippen LogP contribution in [-0.2, 0) is 19.2 Å². The fourth-order valence-corrected chi connectivity index (χ4v) is 4.85. The highest BCUT2D eigenvalue weighted by atomic mass is 16.7. The van der Waals surface area contributed by atoms with Gasteiger partial charge in [0.05, 0.1) is 0 Å². The first-order valence-corrected chi connectivity index (χ1v) is 16.7. The maximum atomic E-state index is 12.7. The number of rotatable bonds is 23. The van der Waals surface area contributed by atoms with E-state index >= 15 is 0 Å². The highest BCUT2D eigenvalue weighted by molar-refractivity contribution is 5.81. The molecule has 0 aromatic heterocycles. The van der Waals surface area contributed by atoms with Gasteiger partial charge >= 0.3 is 12.1 Å². The van der Waals surface area contributed by atoms with Crippen LogP contribution in [0.15, 0.2) is 12.2 Å². The van der Waals surface area contributed by atoms with Crippen LogP contribution in [0, 0.1) is 0 Å². The number of aliphatic hydroxyl groups is 1. The summed E-state index contributed by atoms with van der Waals surface area (Å²) in [7, 11) is 0. The lowest BCUT2D eigenvalue weighted by molar-refractivity contribution is -0.221. The predicted molar refractivity (Wildman–Crippen MR) is 168 cm³/mol. The zero-order chi connectivity index (χ0) is 31.1. The van der Waals surface area contributed by atoms with E-state index in [-0.39, 0.29) is 5.91 Å². The van der Waals surface area contributed by atoms with E-state index in [1.54, 1.807) is 20.8 Å². The lowest BCUT2D eigenvalue weighted by atomic mass is 10.1. The number of hydroxylamine groups is 2. The van der Waals surface area contributed by atoms with Gasteiger partial charge in [-0.15, -0.1) is 5.06 Å². The fraction of sp³-hybridized carbons (Fsp3) is 0.848. The summed E-state index contributed by atoms with van der Waals surface area (Å²) in [4.78, 5) is 42.5. The van der Waals surface area contributed by atoms with Crippen molar-refractivity contribution < 1.29 is 29.1 Å². The number of nitrogens with one attached hydrogen (secondary N) is 2. The molecule has 244 valence electrons. The first kappa shape index (κ1) is 37.9. The molecule has 1 rings (SSSR count). The minimum absolute atomic E-state index is 0.0542. The maximum Gasteiger partial charge on any atom is 0.408 e. The van der Waals surface area contributed by atoms with Crippen molar-refractivity contribution in [1.29, 1.82) is 0 Å². The summed E-state index contributed by atoms with van der Waals surface area (Å²) >= 11 is 0. The zero-order valence-electron chi connectivity index (χ0n) is 27.1. The van der Waals surface area contributed by atoms with Gasteiger partial charge < -0.3 is 25.3 Å². The largest absolute Gasteiger partial charge is 0.444 e. The lowest BCUT2D eigenvalue weighted by Crippen LogP contribution is -2.46. The molecule has 0 aromatic rings. The normalized spacial score (nSPS) is 16.5. The topological polar surface area (TPSA) is 117 Å². The highest BCUT2D eigenvalue weighted by Gasteiger charge is 2.31. The molecule has 0 aromatic carbocycles. The molecule has 2 atom stereocenters. The van der Waals surface area contributed by atoms with E-state index in [1.165, 1.54) is 62.9 Å². The standard InChI is InChI=1S/C33H61N3O6/c1-5-6-7-8-9-10-11-12-13-14-15-16-17-18-19-24-29(37)34-26-21-20-23-28(35-32(40)41-33(2,3)4)31(39)42-36-27-22-25-30(36)38/h12-13,28,30,38H,5-11,14-27H2,1-4H3,(H,34,37)(H,35,40)/b13-12-. The third-order valence-corrected chi connectivity index (χ3v) is 7.26. The van der Waals surface area contributed by atoms with E-state index in [2.05, 4.69) is 29.7 Å². The number of aliphatic hydroxyl groups excluding tert-OH is 1. The summed E-state index contributed by atoms with van der Waals surface area (Å²) in [6.07, 6.45) is 22.6. The van der Waals surface area contributed by atoms with Crippen LogP contribution in [0.1, 0.15) is 150 Å². The van der Waals surface area contributed by atoms with Gasteiger partial charge in [-0.25, -0.2) is 9.59 Å². The number of hydrogen-bond donors (Lipinski definition) is 3. The monoisotopic (exact) mass is 595 g/mol. The third-order valence-electron chi connectivity index (χ3n) is 7.26. The Balaban J connectivity index is 2.13. The third kappa shape index (κ3) is 20.7. The molecule has 0 bridgehead atoms. The average Bonchev–Trinajstić information content (AvgIpc) is 3.32. The molecular formula is C33H61N3O6. The van der Waals surface area contributed by atoms with E-state index in [1.807, 2.05) is 0 Å². The van der Waals surface area contributed by atoms with Crippen LogP contribution in [0.4, 0.5) is 4.79 Å². The van der Waals surface area contributed by atoms with Gasteiger partial charge in [-0.2, -0.15) is 0 Å². The van der Waals surface area contributed by atoms with Gasteiger partial charge in [0, 0.05) is 19.5 Å². The van der Waals surface area contributed by atoms with Crippen molar-refractivity contribution in [3.63, 3.8) is 0 Å². The summed E-state index contributed by atoms with van der Waals surface area (Å²) in [5, 5.41) is 16.7. The van der Waals surface area contributed by atoms with Gasteiger partial charge in [-0.05, 0) is 85.0 Å². The summed E-state index contributed by atoms with van der Waals surface area (Å²) < 4.78 is 5.29. The molecule has 0 saturated carbocycles. The molecule has 1 fully saturated rings. The number of hydrogen-bond acceptors (Lipinski definition) is 7. The van der Waals surface area contributed by atoms with Crippen LogP contribution >= 0.6 is 0 Å². The maximum absolute atomic E-state index is 12.7. The van der Waals surface area contributed by atoms with E-state index in [0.717, 1.165) is 32.1 Å². The first-order valence-electron chi connectivity index (χ1n) is 16.7. The molecule has 1 aliphatic heterocycles. The Bertz CT molecular complexity index is 767. The predicted octanol–water partition coefficient (Wildman–Crippen LogP) is 7.08. The van der Waals surface area contributed by atoms with Gasteiger partial charge in [0.15, 0.2) is 0 Å². The molecular weight excluding hydrogens is 534 g/mol. The molecule has 9 nitrogen and oxygen atoms in total. The molecule has 2 unspecified atom stereocenters. The molecule has 0 spiro atoms. The molecule has 42 heavy (non-hydrogen) atoms. The number of carbonyl (C=O) groups excluding carboxylic acids is 3. The second-order valence-electron chi connectivity index (χ2n) is 12.6. The smallest absolute Gasteiger partial charge is 0.408 e. The number of alkyl carbamates (subject to hydrolysis) is 1. The summed E-state index contributed by atoms with van der Waals surface area (Å²) in [5.74, 6) is -0.575. The van der Waals surface area contributed by atoms with E-state index in [4.69, 9.17) is 9.57 Å². The van der Waals surface area contributed by atoms with Gasteiger partial charge in [-0.3, -0.25) is 4.79 Å². The van der Waals surface area contributed by atoms with Crippen LogP contribution in [0.3, 0.4) is 0 Å². The fourth-order valence-electron chi connectivity index (χ4n) is 4.85. The Morgan fingerprint density at radius 1 is 0.905 bits per heavy atom. The van der Waals surface area contributed by atoms with Gasteiger partial charge in [0.1, 0.15) is 17.9 Å². The molecule has 1 heterocycles. The van der Waals surface area contributed by atoms with Crippen LogP contribution in [-0.4, -0.2) is 59.1 Å². The van der Waals surface area contributed by atoms with Crippen LogP contribution < -0.4 is 10.6 Å². The molecule has 1 saturated heterocycles. The van der Waals surface area contributed by atoms with Crippen molar-refractivity contribution in [2.24, 2.45) is 0 Å². The number of unbranched alkanes of at least 4 members (excludes halogenated alkanes) is 12. The number of amides is 2. The molecule has 1 aliphatic rings. The molecule has 3 N–H and O–H groups in total. The Morgan fingerprint density at radius 2 is 1.52 bits per heavy atom. The van der Waals surface area contributed by atoms with Crippen molar-refractivity contribution in [2.45, 2.75) is 168 Å². The van der Waals surface area contributed by atoms with Crippen LogP contribution in [0.2, 0.25) is 0 Å². The van der Waals surface area contributed by atoms with Gasteiger partial charge in [0.2, 0.25) is 5.91 Å². The first-order chi connectivity index (χ1) is 20.1. The Labute approximate surface area is 255 Å². The average molecular weight is 596 g/mol. The van der Waals surface area contributed by atoms with E-state index in [0.29, 0.717) is 45.2 Å². The van der Waals surface area contributed by atoms with Crippen molar-refractivity contribution in [3.05, 3.63) is 12.2 Å². The van der Waals surface area contributed by atoms with Gasteiger partial charge in [-0.1, -0.05) is 70.4 Å². The lowest BCUT2D eigenvalue weighted by Gasteiger charge is -2.25. The minimum Gasteiger partial charge on any atom is -0.444 e. The number of carbonyl (C=O) groups is 3. The highest BCUT2D eigenvalue weighted by Crippen LogP contribution is 2.17. The van der Waals surface area contributed by atoms with E-state index in [9.17, 15) is 19.5 Å². The summed E-state index contributed by atoms with van der Waals surface area (Å²) in [6, 6.07) is -0.904. The number of ether oxygens (including phenoxy) is 1.